The fourth-order valence-corrected chi connectivity index (χ4v) is 2.25. The minimum absolute atomic E-state index is 0.102. The first kappa shape index (κ1) is 20.2. The Morgan fingerprint density at radius 3 is 2.56 bits per heavy atom. The molecule has 0 atom stereocenters. The van der Waals surface area contributed by atoms with Gasteiger partial charge in [-0.25, -0.2) is 4.79 Å². The van der Waals surface area contributed by atoms with Crippen molar-refractivity contribution in [1.29, 1.82) is 0 Å². The lowest BCUT2D eigenvalue weighted by atomic mass is 10.1. The van der Waals surface area contributed by atoms with E-state index in [1.807, 2.05) is 13.0 Å². The van der Waals surface area contributed by atoms with Crippen molar-refractivity contribution in [2.24, 2.45) is 0 Å². The molecule has 0 spiro atoms. The highest BCUT2D eigenvalue weighted by atomic mass is 19.3. The average Bonchev–Trinajstić information content (AvgIpc) is 2.64. The summed E-state index contributed by atoms with van der Waals surface area (Å²) in [7, 11) is 1.32. The molecule has 0 aliphatic heterocycles. The lowest BCUT2D eigenvalue weighted by molar-refractivity contribution is -0.124. The highest BCUT2D eigenvalue weighted by Crippen LogP contribution is 2.29. The summed E-state index contributed by atoms with van der Waals surface area (Å²) in [6.45, 7) is -1.45. The number of hydrogen-bond donors (Lipinski definition) is 1. The molecule has 0 heterocycles. The van der Waals surface area contributed by atoms with Crippen LogP contribution < -0.4 is 14.8 Å². The number of nitrogens with one attached hydrogen (secondary N) is 1. The number of carbonyl (C=O) groups excluding carboxylic acids is 2. The zero-order chi connectivity index (χ0) is 19.8. The van der Waals surface area contributed by atoms with Gasteiger partial charge in [-0.2, -0.15) is 8.78 Å². The molecule has 144 valence electrons. The van der Waals surface area contributed by atoms with Crippen molar-refractivity contribution in [2.45, 2.75) is 20.1 Å². The second kappa shape index (κ2) is 9.51. The average molecular weight is 379 g/mol. The van der Waals surface area contributed by atoms with E-state index in [1.54, 1.807) is 18.2 Å². The third-order valence-corrected chi connectivity index (χ3v) is 3.52. The van der Waals surface area contributed by atoms with E-state index < -0.39 is 25.1 Å². The van der Waals surface area contributed by atoms with Crippen LogP contribution >= 0.6 is 0 Å². The number of hydrogen-bond acceptors (Lipinski definition) is 5. The molecule has 8 heteroatoms. The second-order valence-corrected chi connectivity index (χ2v) is 5.59. The van der Waals surface area contributed by atoms with Crippen LogP contribution in [-0.4, -0.2) is 32.2 Å². The molecule has 0 fully saturated rings. The molecular weight excluding hydrogens is 360 g/mol. The van der Waals surface area contributed by atoms with Gasteiger partial charge in [0.2, 0.25) is 0 Å². The molecule has 1 N–H and O–H groups in total. The molecule has 2 aromatic rings. The van der Waals surface area contributed by atoms with E-state index in [4.69, 9.17) is 9.47 Å². The lowest BCUT2D eigenvalue weighted by Gasteiger charge is -2.12. The van der Waals surface area contributed by atoms with E-state index in [0.717, 1.165) is 5.56 Å². The van der Waals surface area contributed by atoms with Crippen LogP contribution in [0.15, 0.2) is 42.5 Å². The van der Waals surface area contributed by atoms with E-state index in [2.05, 4.69) is 10.1 Å². The largest absolute Gasteiger partial charge is 0.493 e. The number of amides is 1. The number of rotatable bonds is 8. The van der Waals surface area contributed by atoms with Gasteiger partial charge in [-0.3, -0.25) is 4.79 Å². The summed E-state index contributed by atoms with van der Waals surface area (Å²) in [4.78, 5) is 23.7. The third-order valence-electron chi connectivity index (χ3n) is 3.52. The molecule has 0 aliphatic carbocycles. The predicted molar refractivity (Wildman–Crippen MR) is 92.9 cm³/mol. The molecule has 0 radical (unpaired) electrons. The quantitative estimate of drug-likeness (QED) is 0.714. The predicted octanol–water partition coefficient (Wildman–Crippen LogP) is 3.08. The van der Waals surface area contributed by atoms with E-state index in [1.165, 1.54) is 25.3 Å². The van der Waals surface area contributed by atoms with Crippen LogP contribution in [0.25, 0.3) is 0 Å². The van der Waals surface area contributed by atoms with Crippen LogP contribution in [-0.2, 0) is 16.1 Å². The number of ether oxygens (including phenoxy) is 3. The van der Waals surface area contributed by atoms with Gasteiger partial charge in [0, 0.05) is 6.54 Å². The first-order chi connectivity index (χ1) is 12.9. The number of alkyl halides is 2. The summed E-state index contributed by atoms with van der Waals surface area (Å²) in [5.41, 5.74) is 1.87. The van der Waals surface area contributed by atoms with Crippen LogP contribution in [0, 0.1) is 6.92 Å². The Kier molecular flexibility index (Phi) is 7.10. The Morgan fingerprint density at radius 1 is 1.11 bits per heavy atom. The molecule has 0 bridgehead atoms. The summed E-state index contributed by atoms with van der Waals surface area (Å²) in [5.74, 6) is -1.07. The summed E-state index contributed by atoms with van der Waals surface area (Å²) in [6, 6.07) is 11.1. The van der Waals surface area contributed by atoms with E-state index in [0.29, 0.717) is 11.1 Å². The summed E-state index contributed by atoms with van der Waals surface area (Å²) < 4.78 is 38.9. The van der Waals surface area contributed by atoms with E-state index in [-0.39, 0.29) is 18.0 Å². The maximum absolute atomic E-state index is 12.3. The fraction of sp³-hybridized carbons (Fsp3) is 0.263. The van der Waals surface area contributed by atoms with E-state index >= 15 is 0 Å². The molecule has 0 saturated carbocycles. The molecule has 2 rings (SSSR count). The third kappa shape index (κ3) is 6.25. The van der Waals surface area contributed by atoms with Crippen molar-refractivity contribution in [2.75, 3.05) is 13.7 Å². The lowest BCUT2D eigenvalue weighted by Crippen LogP contribution is -2.28. The molecule has 27 heavy (non-hydrogen) atoms. The standard InChI is InChI=1S/C19H19F2NO5/c1-12-4-3-5-14(8-12)18(24)26-11-17(23)22-10-13-6-7-15(27-19(20)21)16(9-13)25-2/h3-9,19H,10-11H2,1-2H3,(H,22,23). The zero-order valence-corrected chi connectivity index (χ0v) is 14.8. The fourth-order valence-electron chi connectivity index (χ4n) is 2.25. The van der Waals surface area contributed by atoms with Crippen molar-refractivity contribution < 1.29 is 32.6 Å². The van der Waals surface area contributed by atoms with Gasteiger partial charge in [0.15, 0.2) is 18.1 Å². The number of methoxy groups -OCH3 is 1. The molecule has 6 nitrogen and oxygen atoms in total. The molecule has 0 saturated heterocycles. The molecule has 0 aliphatic rings. The number of halogens is 2. The maximum Gasteiger partial charge on any atom is 0.387 e. The van der Waals surface area contributed by atoms with Crippen molar-refractivity contribution in [3.05, 3.63) is 59.2 Å². The van der Waals surface area contributed by atoms with Gasteiger partial charge in [0.1, 0.15) is 0 Å². The van der Waals surface area contributed by atoms with Crippen molar-refractivity contribution in [1.82, 2.24) is 5.32 Å². The monoisotopic (exact) mass is 379 g/mol. The number of esters is 1. The molecule has 1 amide bonds. The van der Waals surface area contributed by atoms with Crippen LogP contribution in [0.1, 0.15) is 21.5 Å². The highest BCUT2D eigenvalue weighted by molar-refractivity contribution is 5.91. The maximum atomic E-state index is 12.3. The van der Waals surface area contributed by atoms with E-state index in [9.17, 15) is 18.4 Å². The van der Waals surface area contributed by atoms with Crippen molar-refractivity contribution in [3.63, 3.8) is 0 Å². The van der Waals surface area contributed by atoms with Gasteiger partial charge in [-0.1, -0.05) is 23.8 Å². The van der Waals surface area contributed by atoms with Crippen LogP contribution in [0.3, 0.4) is 0 Å². The topological polar surface area (TPSA) is 73.9 Å². The first-order valence-corrected chi connectivity index (χ1v) is 8.01. The number of benzene rings is 2. The van der Waals surface area contributed by atoms with Crippen LogP contribution in [0.5, 0.6) is 11.5 Å². The number of carbonyl (C=O) groups is 2. The second-order valence-electron chi connectivity index (χ2n) is 5.59. The Bertz CT molecular complexity index is 810. The van der Waals surface area contributed by atoms with Gasteiger partial charge in [0.25, 0.3) is 5.91 Å². The normalized spacial score (nSPS) is 10.4. The SMILES string of the molecule is COc1cc(CNC(=O)COC(=O)c2cccc(C)c2)ccc1OC(F)F. The molecule has 2 aromatic carbocycles. The Morgan fingerprint density at radius 2 is 1.89 bits per heavy atom. The zero-order valence-electron chi connectivity index (χ0n) is 14.8. The Balaban J connectivity index is 1.85. The smallest absolute Gasteiger partial charge is 0.387 e. The van der Waals surface area contributed by atoms with Gasteiger partial charge >= 0.3 is 12.6 Å². The van der Waals surface area contributed by atoms with Gasteiger partial charge in [-0.15, -0.1) is 0 Å². The summed E-state index contributed by atoms with van der Waals surface area (Å²) in [6.07, 6.45) is 0. The minimum Gasteiger partial charge on any atom is -0.493 e. The van der Waals surface area contributed by atoms with Crippen molar-refractivity contribution >= 4 is 11.9 Å². The van der Waals surface area contributed by atoms with Gasteiger partial charge in [-0.05, 0) is 36.8 Å². The minimum atomic E-state index is -2.97. The van der Waals surface area contributed by atoms with Crippen LogP contribution in [0.4, 0.5) is 8.78 Å². The summed E-state index contributed by atoms with van der Waals surface area (Å²) in [5, 5.41) is 2.57. The van der Waals surface area contributed by atoms with Crippen LogP contribution in [0.2, 0.25) is 0 Å². The highest BCUT2D eigenvalue weighted by Gasteiger charge is 2.13. The van der Waals surface area contributed by atoms with Gasteiger partial charge < -0.3 is 19.5 Å². The first-order valence-electron chi connectivity index (χ1n) is 8.01. The van der Waals surface area contributed by atoms with Gasteiger partial charge in [0.05, 0.1) is 12.7 Å². The molecule has 0 unspecified atom stereocenters. The molecular formula is C19H19F2NO5. The Labute approximate surface area is 155 Å². The summed E-state index contributed by atoms with van der Waals surface area (Å²) >= 11 is 0. The Hall–Kier alpha value is -3.16. The van der Waals surface area contributed by atoms with Crippen molar-refractivity contribution in [3.8, 4) is 11.5 Å². The molecule has 0 aromatic heterocycles. The number of aryl methyl sites for hydroxylation is 1.